The molecular weight excluding hydrogens is 258 g/mol. The van der Waals surface area contributed by atoms with Gasteiger partial charge in [-0.25, -0.2) is 9.78 Å². The third-order valence-electron chi connectivity index (χ3n) is 2.62. The van der Waals surface area contributed by atoms with Crippen molar-refractivity contribution in [2.24, 2.45) is 0 Å². The lowest BCUT2D eigenvalue weighted by atomic mass is 10.2. The van der Waals surface area contributed by atoms with Gasteiger partial charge in [-0.05, 0) is 19.9 Å². The Morgan fingerprint density at radius 3 is 2.90 bits per heavy atom. The number of hydrogen-bond donors (Lipinski definition) is 2. The van der Waals surface area contributed by atoms with Crippen molar-refractivity contribution in [1.82, 2.24) is 14.8 Å². The number of hydrogen-bond acceptors (Lipinski definition) is 6. The fraction of sp³-hybridized carbons (Fsp3) is 0.308. The number of aryl methyl sites for hydroxylation is 1. The van der Waals surface area contributed by atoms with Crippen molar-refractivity contribution >= 4 is 23.2 Å². The molecule has 2 heterocycles. The fourth-order valence-corrected chi connectivity index (χ4v) is 1.68. The highest BCUT2D eigenvalue weighted by molar-refractivity contribution is 5.96. The molecule has 106 valence electrons. The summed E-state index contributed by atoms with van der Waals surface area (Å²) < 4.78 is 6.76. The quantitative estimate of drug-likeness (QED) is 0.808. The predicted molar refractivity (Wildman–Crippen MR) is 75.8 cm³/mol. The van der Waals surface area contributed by atoms with Crippen LogP contribution in [0.2, 0.25) is 0 Å². The number of carbonyl (C=O) groups excluding carboxylic acids is 1. The number of nitrogen functional groups attached to an aromatic ring is 1. The van der Waals surface area contributed by atoms with E-state index in [1.165, 1.54) is 12.3 Å². The number of aromatic nitrogens is 3. The number of nitrogens with one attached hydrogen (secondary N) is 1. The maximum Gasteiger partial charge on any atom is 0.341 e. The van der Waals surface area contributed by atoms with Gasteiger partial charge < -0.3 is 15.8 Å². The lowest BCUT2D eigenvalue weighted by Crippen LogP contribution is -2.10. The fourth-order valence-electron chi connectivity index (χ4n) is 1.68. The highest BCUT2D eigenvalue weighted by Gasteiger charge is 2.15. The molecule has 20 heavy (non-hydrogen) atoms. The number of rotatable bonds is 5. The summed E-state index contributed by atoms with van der Waals surface area (Å²) in [4.78, 5) is 16.0. The normalized spacial score (nSPS) is 10.3. The number of nitrogens with zero attached hydrogens (tertiary/aromatic N) is 3. The Labute approximate surface area is 116 Å². The van der Waals surface area contributed by atoms with E-state index < -0.39 is 5.97 Å². The molecule has 0 radical (unpaired) electrons. The molecule has 0 spiro atoms. The summed E-state index contributed by atoms with van der Waals surface area (Å²) in [5, 5.41) is 7.19. The van der Waals surface area contributed by atoms with E-state index in [0.717, 1.165) is 12.2 Å². The van der Waals surface area contributed by atoms with Gasteiger partial charge in [-0.15, -0.1) is 0 Å². The summed E-state index contributed by atoms with van der Waals surface area (Å²) in [6.07, 6.45) is 4.97. The van der Waals surface area contributed by atoms with E-state index >= 15 is 0 Å². The van der Waals surface area contributed by atoms with E-state index in [1.54, 1.807) is 17.8 Å². The first-order valence-electron chi connectivity index (χ1n) is 6.36. The van der Waals surface area contributed by atoms with Crippen LogP contribution in [-0.2, 0) is 11.3 Å². The summed E-state index contributed by atoms with van der Waals surface area (Å²) in [6.45, 7) is 4.79. The van der Waals surface area contributed by atoms with Crippen LogP contribution in [0.1, 0.15) is 24.2 Å². The molecule has 0 fully saturated rings. The molecule has 0 aliphatic rings. The van der Waals surface area contributed by atoms with Gasteiger partial charge in [0.1, 0.15) is 11.4 Å². The molecule has 7 heteroatoms. The number of ether oxygens (including phenoxy) is 1. The number of anilines is 3. The van der Waals surface area contributed by atoms with Crippen LogP contribution < -0.4 is 11.1 Å². The van der Waals surface area contributed by atoms with Crippen LogP contribution in [0.4, 0.5) is 17.2 Å². The summed E-state index contributed by atoms with van der Waals surface area (Å²) in [5.74, 6) is -0.0639. The van der Waals surface area contributed by atoms with Gasteiger partial charge in [-0.1, -0.05) is 0 Å². The SMILES string of the molecule is CCOC(=O)c1cc(N)cnc1Nc1cnn(CC)c1. The second-order valence-electron chi connectivity index (χ2n) is 4.09. The Morgan fingerprint density at radius 2 is 2.25 bits per heavy atom. The van der Waals surface area contributed by atoms with E-state index in [1.807, 2.05) is 13.1 Å². The minimum absolute atomic E-state index is 0.292. The monoisotopic (exact) mass is 275 g/mol. The molecule has 0 aromatic carbocycles. The molecule has 3 N–H and O–H groups in total. The maximum absolute atomic E-state index is 11.9. The van der Waals surface area contributed by atoms with Crippen molar-refractivity contribution in [3.05, 3.63) is 30.2 Å². The molecule has 0 bridgehead atoms. The Balaban J connectivity index is 2.28. The highest BCUT2D eigenvalue weighted by atomic mass is 16.5. The molecule has 0 amide bonds. The first-order chi connectivity index (χ1) is 9.63. The standard InChI is InChI=1S/C13H17N5O2/c1-3-18-8-10(7-16-18)17-12-11(13(19)20-4-2)5-9(14)6-15-12/h5-8H,3-4,14H2,1-2H3,(H,15,17). The molecule has 0 unspecified atom stereocenters. The molecular formula is C13H17N5O2. The zero-order chi connectivity index (χ0) is 14.5. The maximum atomic E-state index is 11.9. The van der Waals surface area contributed by atoms with E-state index in [-0.39, 0.29) is 0 Å². The Morgan fingerprint density at radius 1 is 1.45 bits per heavy atom. The Kier molecular flexibility index (Phi) is 4.19. The lowest BCUT2D eigenvalue weighted by molar-refractivity contribution is 0.0527. The van der Waals surface area contributed by atoms with Crippen LogP contribution in [-0.4, -0.2) is 27.3 Å². The van der Waals surface area contributed by atoms with Gasteiger partial charge >= 0.3 is 5.97 Å². The van der Waals surface area contributed by atoms with Crippen LogP contribution >= 0.6 is 0 Å². The predicted octanol–water partition coefficient (Wildman–Crippen LogP) is 1.80. The molecule has 0 aliphatic carbocycles. The molecule has 2 rings (SSSR count). The second kappa shape index (κ2) is 6.05. The molecule has 0 saturated heterocycles. The number of nitrogens with two attached hydrogens (primary N) is 1. The first-order valence-corrected chi connectivity index (χ1v) is 6.36. The van der Waals surface area contributed by atoms with E-state index in [9.17, 15) is 4.79 Å². The third-order valence-corrected chi connectivity index (χ3v) is 2.62. The smallest absolute Gasteiger partial charge is 0.341 e. The summed E-state index contributed by atoms with van der Waals surface area (Å²) in [7, 11) is 0. The van der Waals surface area contributed by atoms with Gasteiger partial charge in [0.15, 0.2) is 0 Å². The topological polar surface area (TPSA) is 95.1 Å². The molecule has 2 aromatic heterocycles. The average molecular weight is 275 g/mol. The number of pyridine rings is 1. The summed E-state index contributed by atoms with van der Waals surface area (Å²) in [5.41, 5.74) is 7.12. The Bertz CT molecular complexity index is 609. The van der Waals surface area contributed by atoms with Crippen LogP contribution in [0.15, 0.2) is 24.7 Å². The number of esters is 1. The first kappa shape index (κ1) is 13.9. The van der Waals surface area contributed by atoms with Gasteiger partial charge in [0, 0.05) is 12.7 Å². The zero-order valence-electron chi connectivity index (χ0n) is 11.5. The molecule has 7 nitrogen and oxygen atoms in total. The van der Waals surface area contributed by atoms with Crippen LogP contribution in [0, 0.1) is 0 Å². The zero-order valence-corrected chi connectivity index (χ0v) is 11.5. The average Bonchev–Trinajstić information content (AvgIpc) is 2.89. The van der Waals surface area contributed by atoms with E-state index in [4.69, 9.17) is 10.5 Å². The molecule has 0 atom stereocenters. The van der Waals surface area contributed by atoms with E-state index in [2.05, 4.69) is 15.4 Å². The van der Waals surface area contributed by atoms with Gasteiger partial charge in [0.2, 0.25) is 0 Å². The molecule has 0 aliphatic heterocycles. The minimum Gasteiger partial charge on any atom is -0.462 e. The summed E-state index contributed by atoms with van der Waals surface area (Å²) in [6, 6.07) is 1.54. The Hall–Kier alpha value is -2.57. The van der Waals surface area contributed by atoms with Crippen molar-refractivity contribution in [2.45, 2.75) is 20.4 Å². The van der Waals surface area contributed by atoms with Crippen molar-refractivity contribution in [3.63, 3.8) is 0 Å². The molecule has 0 saturated carbocycles. The minimum atomic E-state index is -0.460. The van der Waals surface area contributed by atoms with Gasteiger partial charge in [-0.3, -0.25) is 4.68 Å². The lowest BCUT2D eigenvalue weighted by Gasteiger charge is -2.09. The highest BCUT2D eigenvalue weighted by Crippen LogP contribution is 2.21. The number of carbonyl (C=O) groups is 1. The van der Waals surface area contributed by atoms with Crippen molar-refractivity contribution in [2.75, 3.05) is 17.7 Å². The van der Waals surface area contributed by atoms with Crippen molar-refractivity contribution in [1.29, 1.82) is 0 Å². The van der Waals surface area contributed by atoms with Crippen LogP contribution in [0.3, 0.4) is 0 Å². The summed E-state index contributed by atoms with van der Waals surface area (Å²) >= 11 is 0. The van der Waals surface area contributed by atoms with Gasteiger partial charge in [0.05, 0.1) is 30.4 Å². The van der Waals surface area contributed by atoms with Crippen molar-refractivity contribution < 1.29 is 9.53 Å². The molecule has 2 aromatic rings. The van der Waals surface area contributed by atoms with Crippen LogP contribution in [0.25, 0.3) is 0 Å². The van der Waals surface area contributed by atoms with Gasteiger partial charge in [-0.2, -0.15) is 5.10 Å². The van der Waals surface area contributed by atoms with Gasteiger partial charge in [0.25, 0.3) is 0 Å². The van der Waals surface area contributed by atoms with Crippen molar-refractivity contribution in [3.8, 4) is 0 Å². The van der Waals surface area contributed by atoms with E-state index in [0.29, 0.717) is 23.7 Å². The second-order valence-corrected chi connectivity index (χ2v) is 4.09. The van der Waals surface area contributed by atoms with Crippen LogP contribution in [0.5, 0.6) is 0 Å². The third kappa shape index (κ3) is 3.05. The largest absolute Gasteiger partial charge is 0.462 e.